The molecule has 0 heteroatoms. The van der Waals surface area contributed by atoms with Gasteiger partial charge in [-0.25, -0.2) is 0 Å². The van der Waals surface area contributed by atoms with Crippen LogP contribution >= 0.6 is 0 Å². The number of rotatable bonds is 12. The molecule has 0 aromatic rings. The first-order valence-electron chi connectivity index (χ1n) is 14.6. The lowest BCUT2D eigenvalue weighted by atomic mass is 9.68. The van der Waals surface area contributed by atoms with E-state index < -0.39 is 0 Å². The second kappa shape index (κ2) is 14.6. The van der Waals surface area contributed by atoms with Gasteiger partial charge in [0.25, 0.3) is 0 Å². The van der Waals surface area contributed by atoms with Crippen LogP contribution < -0.4 is 0 Å². The lowest BCUT2D eigenvalue weighted by Gasteiger charge is -2.38. The van der Waals surface area contributed by atoms with Crippen molar-refractivity contribution >= 4 is 0 Å². The molecule has 0 nitrogen and oxygen atoms in total. The normalized spacial score (nSPS) is 34.7. The van der Waals surface area contributed by atoms with Crippen molar-refractivity contribution in [2.24, 2.45) is 35.5 Å². The topological polar surface area (TPSA) is 0 Å². The fourth-order valence-electron chi connectivity index (χ4n) is 7.13. The lowest BCUT2D eigenvalue weighted by molar-refractivity contribution is 0.140. The highest BCUT2D eigenvalue weighted by molar-refractivity contribution is 4.94. The van der Waals surface area contributed by atoms with E-state index in [9.17, 15) is 0 Å². The van der Waals surface area contributed by atoms with Gasteiger partial charge in [0, 0.05) is 0 Å². The highest BCUT2D eigenvalue weighted by Crippen LogP contribution is 2.43. The van der Waals surface area contributed by atoms with Crippen LogP contribution in [-0.4, -0.2) is 0 Å². The van der Waals surface area contributed by atoms with Crippen LogP contribution in [0.2, 0.25) is 0 Å². The third-order valence-electron chi connectivity index (χ3n) is 9.47. The Morgan fingerprint density at radius 1 is 0.613 bits per heavy atom. The van der Waals surface area contributed by atoms with Crippen molar-refractivity contribution in [2.45, 2.75) is 135 Å². The first-order valence-corrected chi connectivity index (χ1v) is 14.6. The molecule has 0 spiro atoms. The Hall–Kier alpha value is -0.520. The van der Waals surface area contributed by atoms with Crippen LogP contribution in [0.4, 0.5) is 0 Å². The fraction of sp³-hybridized carbons (Fsp3) is 0.871. The molecule has 3 rings (SSSR count). The van der Waals surface area contributed by atoms with Crippen LogP contribution in [0.3, 0.4) is 0 Å². The summed E-state index contributed by atoms with van der Waals surface area (Å²) in [4.78, 5) is 0. The summed E-state index contributed by atoms with van der Waals surface area (Å²) in [6.07, 6.45) is 36.8. The molecule has 178 valence electrons. The van der Waals surface area contributed by atoms with Crippen LogP contribution in [-0.2, 0) is 0 Å². The Bertz CT molecular complexity index is 478. The quantitative estimate of drug-likeness (QED) is 0.215. The van der Waals surface area contributed by atoms with E-state index in [1.807, 2.05) is 0 Å². The molecule has 31 heavy (non-hydrogen) atoms. The number of allylic oxidation sites excluding steroid dienone is 3. The van der Waals surface area contributed by atoms with Crippen LogP contribution in [0, 0.1) is 35.5 Å². The zero-order valence-corrected chi connectivity index (χ0v) is 21.0. The predicted molar refractivity (Wildman–Crippen MR) is 138 cm³/mol. The molecule has 0 aliphatic heterocycles. The Labute approximate surface area is 195 Å². The molecule has 0 radical (unpaired) electrons. The van der Waals surface area contributed by atoms with E-state index >= 15 is 0 Å². The molecule has 0 unspecified atom stereocenters. The minimum atomic E-state index is 0.797. The second-order valence-electron chi connectivity index (χ2n) is 11.7. The maximum absolute atomic E-state index is 3.98. The Morgan fingerprint density at radius 2 is 1.16 bits per heavy atom. The largest absolute Gasteiger partial charge is 0.103 e. The minimum absolute atomic E-state index is 0.797. The van der Waals surface area contributed by atoms with Crippen LogP contribution in [0.1, 0.15) is 135 Å². The maximum atomic E-state index is 3.98. The minimum Gasteiger partial charge on any atom is -0.103 e. The summed E-state index contributed by atoms with van der Waals surface area (Å²) in [6.45, 7) is 6.30. The molecule has 0 N–H and O–H groups in total. The Kier molecular flexibility index (Phi) is 11.8. The van der Waals surface area contributed by atoms with Gasteiger partial charge in [-0.2, -0.15) is 0 Å². The van der Waals surface area contributed by atoms with Gasteiger partial charge < -0.3 is 0 Å². The van der Waals surface area contributed by atoms with Gasteiger partial charge in [0.1, 0.15) is 0 Å². The summed E-state index contributed by atoms with van der Waals surface area (Å²) < 4.78 is 0. The van der Waals surface area contributed by atoms with E-state index in [0.717, 1.165) is 35.5 Å². The van der Waals surface area contributed by atoms with Gasteiger partial charge in [-0.3, -0.25) is 0 Å². The average Bonchev–Trinajstić information content (AvgIpc) is 2.83. The number of unbranched alkanes of at least 4 members (excludes halogenated alkanes) is 4. The maximum Gasteiger partial charge on any atom is -0.0233 e. The van der Waals surface area contributed by atoms with E-state index in [4.69, 9.17) is 0 Å². The zero-order valence-electron chi connectivity index (χ0n) is 21.0. The fourth-order valence-corrected chi connectivity index (χ4v) is 7.13. The van der Waals surface area contributed by atoms with Gasteiger partial charge in [-0.05, 0) is 99.7 Å². The van der Waals surface area contributed by atoms with Crippen LogP contribution in [0.15, 0.2) is 24.8 Å². The van der Waals surface area contributed by atoms with E-state index in [2.05, 4.69) is 31.7 Å². The van der Waals surface area contributed by atoms with Crippen molar-refractivity contribution in [3.8, 4) is 0 Å². The molecule has 3 aliphatic carbocycles. The van der Waals surface area contributed by atoms with Crippen molar-refractivity contribution in [3.05, 3.63) is 24.8 Å². The molecule has 0 amide bonds. The summed E-state index contributed by atoms with van der Waals surface area (Å²) in [5, 5.41) is 0. The Morgan fingerprint density at radius 3 is 1.74 bits per heavy atom. The molecule has 0 aromatic heterocycles. The lowest BCUT2D eigenvalue weighted by Crippen LogP contribution is -2.25. The highest BCUT2D eigenvalue weighted by Gasteiger charge is 2.30. The summed E-state index contributed by atoms with van der Waals surface area (Å²) in [7, 11) is 0. The first kappa shape index (κ1) is 25.1. The summed E-state index contributed by atoms with van der Waals surface area (Å²) in [5.74, 6) is 5.92. The van der Waals surface area contributed by atoms with E-state index in [1.165, 1.54) is 89.9 Å². The van der Waals surface area contributed by atoms with Gasteiger partial charge in [-0.15, -0.1) is 6.58 Å². The number of hydrogen-bond donors (Lipinski definition) is 0. The molecular weight excluding hydrogens is 372 g/mol. The molecule has 0 saturated heterocycles. The molecule has 0 heterocycles. The predicted octanol–water partition coefficient (Wildman–Crippen LogP) is 10.3. The third-order valence-corrected chi connectivity index (χ3v) is 9.47. The van der Waals surface area contributed by atoms with E-state index in [0.29, 0.717) is 0 Å². The average molecular weight is 427 g/mol. The SMILES string of the molecule is C=C[C@H]1CC[C@H](/C=C/CCC2CCC([C@H]3CC[C@H](CCCCCCC)CC3)CC2)CC1. The van der Waals surface area contributed by atoms with E-state index in [1.54, 1.807) is 38.5 Å². The van der Waals surface area contributed by atoms with Crippen LogP contribution in [0.5, 0.6) is 0 Å². The van der Waals surface area contributed by atoms with E-state index in [-0.39, 0.29) is 0 Å². The molecule has 0 bridgehead atoms. The zero-order chi connectivity index (χ0) is 21.7. The number of hydrogen-bond acceptors (Lipinski definition) is 0. The molecule has 3 aliphatic rings. The van der Waals surface area contributed by atoms with Gasteiger partial charge in [0.2, 0.25) is 0 Å². The standard InChI is InChI=1S/C31H54/c1-3-5-6-7-8-11-28-18-22-30(23-19-28)31-24-20-29(21-25-31)13-10-9-12-27-16-14-26(4-2)15-17-27/h4,9,12,26-31H,2-3,5-8,10-11,13-25H2,1H3/b12-9+/t26-,27-,28-,29?,30-,31?. The summed E-state index contributed by atoms with van der Waals surface area (Å²) in [6, 6.07) is 0. The van der Waals surface area contributed by atoms with Crippen molar-refractivity contribution < 1.29 is 0 Å². The monoisotopic (exact) mass is 426 g/mol. The molecule has 0 atom stereocenters. The van der Waals surface area contributed by atoms with Crippen molar-refractivity contribution in [3.63, 3.8) is 0 Å². The smallest absolute Gasteiger partial charge is 0.0233 e. The van der Waals surface area contributed by atoms with Gasteiger partial charge >= 0.3 is 0 Å². The first-order chi connectivity index (χ1) is 15.3. The van der Waals surface area contributed by atoms with Crippen molar-refractivity contribution in [1.82, 2.24) is 0 Å². The second-order valence-corrected chi connectivity index (χ2v) is 11.7. The Balaban J connectivity index is 1.22. The van der Waals surface area contributed by atoms with Crippen LogP contribution in [0.25, 0.3) is 0 Å². The molecule has 3 fully saturated rings. The molecular formula is C31H54. The molecule has 3 saturated carbocycles. The van der Waals surface area contributed by atoms with Gasteiger partial charge in [0.15, 0.2) is 0 Å². The molecule has 0 aromatic carbocycles. The van der Waals surface area contributed by atoms with Gasteiger partial charge in [0.05, 0.1) is 0 Å². The van der Waals surface area contributed by atoms with Crippen molar-refractivity contribution in [2.75, 3.05) is 0 Å². The summed E-state index contributed by atoms with van der Waals surface area (Å²) in [5.41, 5.74) is 0. The van der Waals surface area contributed by atoms with Gasteiger partial charge in [-0.1, -0.05) is 89.4 Å². The van der Waals surface area contributed by atoms with Crippen molar-refractivity contribution in [1.29, 1.82) is 0 Å². The summed E-state index contributed by atoms with van der Waals surface area (Å²) >= 11 is 0. The highest BCUT2D eigenvalue weighted by atomic mass is 14.4. The third kappa shape index (κ3) is 9.09.